The quantitative estimate of drug-likeness (QED) is 0.379. The van der Waals surface area contributed by atoms with Crippen LogP contribution >= 0.6 is 0 Å². The van der Waals surface area contributed by atoms with Crippen molar-refractivity contribution < 1.29 is 19.2 Å². The van der Waals surface area contributed by atoms with Gasteiger partial charge in [-0.25, -0.2) is 0 Å². The summed E-state index contributed by atoms with van der Waals surface area (Å²) in [5, 5.41) is 8.07. The van der Waals surface area contributed by atoms with Crippen molar-refractivity contribution in [3.8, 4) is 0 Å². The summed E-state index contributed by atoms with van der Waals surface area (Å²) in [4.78, 5) is 0. The van der Waals surface area contributed by atoms with Gasteiger partial charge in [-0.3, -0.25) is 0 Å². The molecule has 1 nitrogen and oxygen atoms in total. The first-order valence-corrected chi connectivity index (χ1v) is 2.02. The first kappa shape index (κ1) is 37.0. The molecule has 0 unspecified atom stereocenters. The van der Waals surface area contributed by atoms with E-state index >= 15 is 0 Å². The molecule has 0 saturated carbocycles. The van der Waals surface area contributed by atoms with Crippen molar-refractivity contribution in [2.75, 3.05) is 6.61 Å². The van der Waals surface area contributed by atoms with E-state index in [1.165, 1.54) is 0 Å². The van der Waals surface area contributed by atoms with E-state index in [1.54, 1.807) is 0 Å². The van der Waals surface area contributed by atoms with Crippen LogP contribution in [0.25, 0.3) is 0 Å². The van der Waals surface area contributed by atoms with E-state index in [0.717, 1.165) is 12.8 Å². The monoisotopic (exact) mass is 142 g/mol. The summed E-state index contributed by atoms with van der Waals surface area (Å²) in [6.45, 7) is 2.40. The minimum atomic E-state index is 0. The number of halogens is 3. The SMILES string of the molecule is CCCCO.[B+3].[F-].[F-].[F-]. The van der Waals surface area contributed by atoms with E-state index < -0.39 is 0 Å². The first-order valence-electron chi connectivity index (χ1n) is 2.02. The summed E-state index contributed by atoms with van der Waals surface area (Å²) < 4.78 is 0. The van der Waals surface area contributed by atoms with E-state index in [2.05, 4.69) is 6.92 Å². The Kier molecular flexibility index (Phi) is 188. The summed E-state index contributed by atoms with van der Waals surface area (Å²) in [5.74, 6) is 0. The van der Waals surface area contributed by atoms with Gasteiger partial charge in [0.05, 0.1) is 0 Å². The number of aliphatic hydroxyl groups is 1. The molecule has 9 heavy (non-hydrogen) atoms. The first-order chi connectivity index (χ1) is 2.41. The van der Waals surface area contributed by atoms with Gasteiger partial charge in [0.1, 0.15) is 0 Å². The van der Waals surface area contributed by atoms with Crippen LogP contribution in [0.3, 0.4) is 0 Å². The number of hydrogen-bond donors (Lipinski definition) is 1. The molecule has 0 aromatic heterocycles. The van der Waals surface area contributed by atoms with Crippen LogP contribution in [0.2, 0.25) is 0 Å². The Morgan fingerprint density at radius 3 is 1.44 bits per heavy atom. The van der Waals surface area contributed by atoms with Crippen molar-refractivity contribution in [1.29, 1.82) is 0 Å². The predicted molar refractivity (Wildman–Crippen MR) is 27.7 cm³/mol. The van der Waals surface area contributed by atoms with Gasteiger partial charge in [0.2, 0.25) is 0 Å². The van der Waals surface area contributed by atoms with Gasteiger partial charge in [0.15, 0.2) is 0 Å². The Bertz CT molecular complexity index is 23.3. The third kappa shape index (κ3) is 80.2. The maximum absolute atomic E-state index is 8.07. The summed E-state index contributed by atoms with van der Waals surface area (Å²) in [5.41, 5.74) is 0. The van der Waals surface area contributed by atoms with Crippen molar-refractivity contribution >= 4 is 8.41 Å². The van der Waals surface area contributed by atoms with Crippen molar-refractivity contribution in [2.24, 2.45) is 0 Å². The predicted octanol–water partition coefficient (Wildman–Crippen LogP) is -8.59. The maximum Gasteiger partial charge on any atom is 3.00 e. The van der Waals surface area contributed by atoms with Crippen molar-refractivity contribution in [3.05, 3.63) is 0 Å². The summed E-state index contributed by atoms with van der Waals surface area (Å²) in [6, 6.07) is 0. The van der Waals surface area contributed by atoms with Crippen molar-refractivity contribution in [2.45, 2.75) is 19.8 Å². The minimum absolute atomic E-state index is 0. The molecule has 0 spiro atoms. The van der Waals surface area contributed by atoms with Gasteiger partial charge in [0.25, 0.3) is 0 Å². The van der Waals surface area contributed by atoms with E-state index in [-0.39, 0.29) is 22.5 Å². The summed E-state index contributed by atoms with van der Waals surface area (Å²) in [7, 11) is 0. The van der Waals surface area contributed by atoms with E-state index in [9.17, 15) is 0 Å². The molecule has 0 rings (SSSR count). The van der Waals surface area contributed by atoms with E-state index in [1.807, 2.05) is 0 Å². The van der Waals surface area contributed by atoms with Crippen LogP contribution in [0.4, 0.5) is 0 Å². The molecule has 0 saturated heterocycles. The molecule has 5 heteroatoms. The van der Waals surface area contributed by atoms with Gasteiger partial charge in [-0.05, 0) is 6.42 Å². The average molecular weight is 142 g/mol. The van der Waals surface area contributed by atoms with Crippen LogP contribution in [-0.4, -0.2) is 20.1 Å². The zero-order valence-electron chi connectivity index (χ0n) is 5.28. The Labute approximate surface area is 55.1 Å². The molecule has 0 bridgehead atoms. The van der Waals surface area contributed by atoms with Gasteiger partial charge >= 0.3 is 8.41 Å². The van der Waals surface area contributed by atoms with E-state index in [0.29, 0.717) is 6.61 Å². The third-order valence-electron chi connectivity index (χ3n) is 0.512. The number of unbranched alkanes of at least 4 members (excludes halogenated alkanes) is 1. The van der Waals surface area contributed by atoms with Gasteiger partial charge in [0, 0.05) is 6.61 Å². The Morgan fingerprint density at radius 1 is 1.11 bits per heavy atom. The molecule has 0 atom stereocenters. The molecule has 0 fully saturated rings. The molecule has 0 aliphatic rings. The van der Waals surface area contributed by atoms with Crippen LogP contribution in [0.1, 0.15) is 19.8 Å². The molecule has 0 aliphatic carbocycles. The zero-order chi connectivity index (χ0) is 4.12. The molecule has 56 valence electrons. The fraction of sp³-hybridized carbons (Fsp3) is 1.00. The molecule has 0 aromatic carbocycles. The Balaban J connectivity index is -0.0000000133. The Morgan fingerprint density at radius 2 is 1.44 bits per heavy atom. The van der Waals surface area contributed by atoms with Crippen LogP contribution in [-0.2, 0) is 0 Å². The second kappa shape index (κ2) is 45.8. The molecule has 0 amide bonds. The number of hydrogen-bond acceptors (Lipinski definition) is 1. The van der Waals surface area contributed by atoms with Crippen LogP contribution in [0.5, 0.6) is 0 Å². The largest absolute Gasteiger partial charge is 3.00 e. The molecule has 1 N–H and O–H groups in total. The van der Waals surface area contributed by atoms with Crippen LogP contribution in [0.15, 0.2) is 0 Å². The average Bonchev–Trinajstić information content (AvgIpc) is 1.41. The number of rotatable bonds is 2. The minimum Gasteiger partial charge on any atom is -1.00 e. The molecular weight excluding hydrogens is 132 g/mol. The fourth-order valence-electron chi connectivity index (χ4n) is 0.158. The van der Waals surface area contributed by atoms with Crippen molar-refractivity contribution in [1.82, 2.24) is 0 Å². The molecule has 0 aromatic rings. The summed E-state index contributed by atoms with van der Waals surface area (Å²) >= 11 is 0. The third-order valence-corrected chi connectivity index (χ3v) is 0.512. The van der Waals surface area contributed by atoms with Crippen LogP contribution < -0.4 is 14.1 Å². The molecule has 0 aliphatic heterocycles. The second-order valence-electron chi connectivity index (χ2n) is 1.08. The fourth-order valence-corrected chi connectivity index (χ4v) is 0.158. The molecule has 0 heterocycles. The topological polar surface area (TPSA) is 20.2 Å². The number of aliphatic hydroxyl groups excluding tert-OH is 1. The van der Waals surface area contributed by atoms with Gasteiger partial charge in [-0.2, -0.15) is 0 Å². The maximum atomic E-state index is 8.07. The van der Waals surface area contributed by atoms with Gasteiger partial charge < -0.3 is 19.2 Å². The zero-order valence-corrected chi connectivity index (χ0v) is 5.28. The van der Waals surface area contributed by atoms with Crippen molar-refractivity contribution in [3.63, 3.8) is 0 Å². The van der Waals surface area contributed by atoms with Gasteiger partial charge in [-0.15, -0.1) is 0 Å². The van der Waals surface area contributed by atoms with E-state index in [4.69, 9.17) is 5.11 Å². The van der Waals surface area contributed by atoms with Crippen LogP contribution in [0, 0.1) is 0 Å². The molecular formula is C4H10BF3O. The second-order valence-corrected chi connectivity index (χ2v) is 1.08. The van der Waals surface area contributed by atoms with Gasteiger partial charge in [-0.1, -0.05) is 13.3 Å². The smallest absolute Gasteiger partial charge is 1.00 e. The Hall–Kier alpha value is -0.185. The standard InChI is InChI=1S/C4H10O.B.3FH/c1-2-3-4-5;;;;/h5H,2-4H2,1H3;;3*1H/q;+3;;;/p-3. The molecule has 0 radical (unpaired) electrons. The normalized spacial score (nSPS) is 4.67. The summed E-state index contributed by atoms with van der Waals surface area (Å²) in [6.07, 6.45) is 2.04.